The number of hydrogen-bond donors (Lipinski definition) is 1. The van der Waals surface area contributed by atoms with E-state index in [0.717, 1.165) is 5.06 Å². The Morgan fingerprint density at radius 1 is 0.900 bits per heavy atom. The molecule has 11 nitrogen and oxygen atoms in total. The second-order valence-corrected chi connectivity index (χ2v) is 13.8. The highest BCUT2D eigenvalue weighted by molar-refractivity contribution is 6.36. The molecular formula is C34H25Cl5N4O7. The molecule has 0 bridgehead atoms. The van der Waals surface area contributed by atoms with Crippen LogP contribution in [0.25, 0.3) is 11.0 Å². The first-order valence-corrected chi connectivity index (χ1v) is 17.0. The van der Waals surface area contributed by atoms with Crippen molar-refractivity contribution in [1.29, 1.82) is 0 Å². The summed E-state index contributed by atoms with van der Waals surface area (Å²) in [6.07, 6.45) is 0.125. The molecule has 1 saturated heterocycles. The maximum atomic E-state index is 12.8. The third-order valence-corrected chi connectivity index (χ3v) is 9.75. The Bertz CT molecular complexity index is 2110. The summed E-state index contributed by atoms with van der Waals surface area (Å²) in [6.45, 7) is 1.39. The number of aromatic nitrogens is 3. The number of hydrogen-bond acceptors (Lipinski definition) is 9. The van der Waals surface area contributed by atoms with Crippen LogP contribution in [-0.2, 0) is 16.0 Å². The zero-order chi connectivity index (χ0) is 35.3. The van der Waals surface area contributed by atoms with Gasteiger partial charge < -0.3 is 23.9 Å². The Balaban J connectivity index is 1.19. The maximum Gasteiger partial charge on any atom is 0.285 e. The molecule has 7 rings (SSSR count). The molecule has 2 aliphatic rings. The number of fused-ring (bicyclic) bond motifs is 2. The summed E-state index contributed by atoms with van der Waals surface area (Å²) >= 11 is 31.6. The number of amides is 2. The van der Waals surface area contributed by atoms with Crippen molar-refractivity contribution < 1.29 is 33.7 Å². The van der Waals surface area contributed by atoms with Gasteiger partial charge in [-0.25, -0.2) is 9.97 Å². The van der Waals surface area contributed by atoms with E-state index in [4.69, 9.17) is 77.1 Å². The number of imide groups is 1. The van der Waals surface area contributed by atoms with E-state index in [1.54, 1.807) is 72.3 Å². The van der Waals surface area contributed by atoms with Crippen LogP contribution >= 0.6 is 58.0 Å². The lowest BCUT2D eigenvalue weighted by molar-refractivity contribution is -0.0925. The van der Waals surface area contributed by atoms with E-state index in [2.05, 4.69) is 9.97 Å². The minimum absolute atomic E-state index is 0.0726. The lowest BCUT2D eigenvalue weighted by Crippen LogP contribution is -2.48. The number of nitrogens with zero attached hydrogens (tertiary/aromatic N) is 4. The standard InChI is InChI=1S/C34H25Cl5N4O7/c1-34(46)28(49-25-9-7-19(36)13-23(25)38)26(15-47-24-8-6-18(35)12-22(24)37)50-33(34)42-14-17(27-29(39)40-16-41-30(27)42)10-11-48-43-31(44)20-4-2-3-5-21(20)32(43)45/h2-9,12-14,16,26,28,33,46H,10-11,15H2,1H3/t26-,28-,33-,34-/m1/s1. The van der Waals surface area contributed by atoms with Gasteiger partial charge in [0.05, 0.1) is 33.2 Å². The van der Waals surface area contributed by atoms with Crippen LogP contribution in [0.3, 0.4) is 0 Å². The van der Waals surface area contributed by atoms with Crippen molar-refractivity contribution in [3.63, 3.8) is 0 Å². The number of halogens is 5. The van der Waals surface area contributed by atoms with Crippen LogP contribution < -0.4 is 9.47 Å². The van der Waals surface area contributed by atoms with Crippen LogP contribution in [0.1, 0.15) is 39.4 Å². The van der Waals surface area contributed by atoms with Crippen LogP contribution in [0.2, 0.25) is 25.2 Å². The molecule has 0 radical (unpaired) electrons. The summed E-state index contributed by atoms with van der Waals surface area (Å²) in [5.74, 6) is -0.499. The largest absolute Gasteiger partial charge is 0.489 e. The molecule has 2 amide bonds. The molecule has 50 heavy (non-hydrogen) atoms. The fourth-order valence-corrected chi connectivity index (χ4v) is 7.22. The Hall–Kier alpha value is -3.65. The Morgan fingerprint density at radius 2 is 1.54 bits per heavy atom. The van der Waals surface area contributed by atoms with Crippen molar-refractivity contribution in [3.05, 3.63) is 115 Å². The molecular weight excluding hydrogens is 754 g/mol. The topological polar surface area (TPSA) is 125 Å². The maximum absolute atomic E-state index is 12.8. The predicted molar refractivity (Wildman–Crippen MR) is 187 cm³/mol. The first kappa shape index (κ1) is 34.8. The van der Waals surface area contributed by atoms with E-state index in [1.807, 2.05) is 0 Å². The van der Waals surface area contributed by atoms with Crippen molar-refractivity contribution in [3.8, 4) is 11.5 Å². The van der Waals surface area contributed by atoms with E-state index in [1.165, 1.54) is 12.4 Å². The molecule has 0 spiro atoms. The Morgan fingerprint density at radius 3 is 2.18 bits per heavy atom. The Labute approximate surface area is 310 Å². The normalized spacial score (nSPS) is 21.7. The highest BCUT2D eigenvalue weighted by Gasteiger charge is 2.56. The quantitative estimate of drug-likeness (QED) is 0.113. The molecule has 0 aliphatic carbocycles. The van der Waals surface area contributed by atoms with Crippen LogP contribution in [0.4, 0.5) is 0 Å². The van der Waals surface area contributed by atoms with E-state index < -0.39 is 35.9 Å². The number of benzene rings is 3. The molecule has 5 aromatic rings. The number of ether oxygens (including phenoxy) is 3. The van der Waals surface area contributed by atoms with Gasteiger partial charge in [-0.3, -0.25) is 14.4 Å². The van der Waals surface area contributed by atoms with Crippen LogP contribution in [0.5, 0.6) is 11.5 Å². The molecule has 4 atom stereocenters. The van der Waals surface area contributed by atoms with E-state index in [-0.39, 0.29) is 51.7 Å². The molecule has 1 N–H and O–H groups in total. The molecule has 1 fully saturated rings. The van der Waals surface area contributed by atoms with Gasteiger partial charge in [-0.15, -0.1) is 5.06 Å². The summed E-state index contributed by atoms with van der Waals surface area (Å²) in [5.41, 5.74) is -0.263. The molecule has 4 heterocycles. The zero-order valence-corrected chi connectivity index (χ0v) is 29.6. The average molecular weight is 779 g/mol. The second-order valence-electron chi connectivity index (χ2n) is 11.7. The number of carbonyl (C=O) groups is 2. The van der Waals surface area contributed by atoms with Crippen molar-refractivity contribution in [2.75, 3.05) is 13.2 Å². The van der Waals surface area contributed by atoms with Crippen LogP contribution in [0.15, 0.2) is 73.2 Å². The molecule has 2 aliphatic heterocycles. The van der Waals surface area contributed by atoms with Gasteiger partial charge in [0.2, 0.25) is 0 Å². The zero-order valence-electron chi connectivity index (χ0n) is 25.9. The van der Waals surface area contributed by atoms with E-state index >= 15 is 0 Å². The summed E-state index contributed by atoms with van der Waals surface area (Å²) in [6, 6.07) is 16.0. The lowest BCUT2D eigenvalue weighted by Gasteiger charge is -2.31. The number of carbonyl (C=O) groups excluding carboxylic acids is 2. The van der Waals surface area contributed by atoms with E-state index in [9.17, 15) is 14.7 Å². The summed E-state index contributed by atoms with van der Waals surface area (Å²) < 4.78 is 20.5. The first-order chi connectivity index (χ1) is 23.9. The van der Waals surface area contributed by atoms with Gasteiger partial charge in [-0.2, -0.15) is 0 Å². The Kier molecular flexibility index (Phi) is 9.61. The van der Waals surface area contributed by atoms with Gasteiger partial charge in [0.1, 0.15) is 46.9 Å². The molecule has 0 saturated carbocycles. The van der Waals surface area contributed by atoms with Gasteiger partial charge in [-0.1, -0.05) is 70.1 Å². The van der Waals surface area contributed by atoms with Crippen LogP contribution in [0, 0.1) is 0 Å². The monoisotopic (exact) mass is 776 g/mol. The third kappa shape index (κ3) is 6.37. The van der Waals surface area contributed by atoms with Crippen molar-refractivity contribution in [2.24, 2.45) is 0 Å². The van der Waals surface area contributed by atoms with Gasteiger partial charge in [-0.05, 0) is 61.0 Å². The minimum atomic E-state index is -1.74. The molecule has 3 aromatic carbocycles. The first-order valence-electron chi connectivity index (χ1n) is 15.1. The lowest BCUT2D eigenvalue weighted by atomic mass is 9.96. The van der Waals surface area contributed by atoms with Crippen molar-refractivity contribution in [1.82, 2.24) is 19.6 Å². The molecule has 2 aromatic heterocycles. The number of rotatable bonds is 10. The van der Waals surface area contributed by atoms with Crippen molar-refractivity contribution >= 4 is 80.9 Å². The van der Waals surface area contributed by atoms with Crippen molar-refractivity contribution in [2.45, 2.75) is 37.4 Å². The minimum Gasteiger partial charge on any atom is -0.489 e. The highest BCUT2D eigenvalue weighted by atomic mass is 35.5. The average Bonchev–Trinajstić information content (AvgIpc) is 3.65. The smallest absolute Gasteiger partial charge is 0.285 e. The fraction of sp³-hybridized carbons (Fsp3) is 0.235. The summed E-state index contributed by atoms with van der Waals surface area (Å²) in [7, 11) is 0. The fourth-order valence-electron chi connectivity index (χ4n) is 6.05. The second kappa shape index (κ2) is 13.8. The van der Waals surface area contributed by atoms with E-state index in [0.29, 0.717) is 32.4 Å². The predicted octanol–water partition coefficient (Wildman–Crippen LogP) is 7.64. The SMILES string of the molecule is C[C@@]1(O)[C@H](Oc2ccc(Cl)cc2Cl)[C@@H](COc2ccc(Cl)cc2Cl)O[C@H]1n1cc(CCON2C(=O)c3ccccc3C2=O)c2c(Cl)ncnc21. The molecule has 16 heteroatoms. The third-order valence-electron chi connectivity index (χ3n) is 8.41. The summed E-state index contributed by atoms with van der Waals surface area (Å²) in [5, 5.41) is 14.9. The number of hydroxylamine groups is 2. The van der Waals surface area contributed by atoms with Gasteiger partial charge in [0.15, 0.2) is 12.3 Å². The van der Waals surface area contributed by atoms with Gasteiger partial charge in [0.25, 0.3) is 11.8 Å². The highest BCUT2D eigenvalue weighted by Crippen LogP contribution is 2.44. The molecule has 0 unspecified atom stereocenters. The summed E-state index contributed by atoms with van der Waals surface area (Å²) in [4.78, 5) is 39.9. The number of aliphatic hydroxyl groups is 1. The van der Waals surface area contributed by atoms with Gasteiger partial charge >= 0.3 is 0 Å². The molecule has 258 valence electrons. The van der Waals surface area contributed by atoms with Crippen LogP contribution in [-0.4, -0.2) is 67.5 Å². The van der Waals surface area contributed by atoms with Gasteiger partial charge in [0, 0.05) is 22.7 Å².